The number of nitrogens with zero attached hydrogens (tertiary/aromatic N) is 2. The molecule has 0 aliphatic carbocycles. The van der Waals surface area contributed by atoms with Gasteiger partial charge in [-0.1, -0.05) is 0 Å². The number of hydrogen-bond acceptors (Lipinski definition) is 6. The number of hydrogen-bond donors (Lipinski definition) is 5. The van der Waals surface area contributed by atoms with Crippen molar-refractivity contribution in [1.82, 2.24) is 25.4 Å². The average Bonchev–Trinajstić information content (AvgIpc) is 2.74. The molecule has 0 bridgehead atoms. The minimum Gasteiger partial charge on any atom is -0.481 e. The van der Waals surface area contributed by atoms with Gasteiger partial charge in [-0.2, -0.15) is 0 Å². The number of rotatable bonds is 14. The van der Waals surface area contributed by atoms with Gasteiger partial charge in [-0.05, 0) is 38.7 Å². The minimum absolute atomic E-state index is 0.0941. The van der Waals surface area contributed by atoms with Gasteiger partial charge < -0.3 is 26.2 Å². The number of urea groups is 1. The molecule has 0 fully saturated rings. The van der Waals surface area contributed by atoms with Crippen LogP contribution in [-0.2, 0) is 14.4 Å². The Morgan fingerprint density at radius 3 is 2.12 bits per heavy atom. The SMILES string of the molecule is CC(=O)C(CCC(=O)O)NC(=O)NC(CCCCNC(=O)c1ccc([N+](C)(C)C)nc1)C(=O)O. The molecule has 3 amide bonds. The smallest absolute Gasteiger partial charge is 0.326 e. The third-order valence-corrected chi connectivity index (χ3v) is 4.95. The fourth-order valence-electron chi connectivity index (χ4n) is 2.96. The number of quaternary nitrogens is 1. The van der Waals surface area contributed by atoms with E-state index in [1.165, 1.54) is 13.1 Å². The van der Waals surface area contributed by atoms with Gasteiger partial charge in [-0.25, -0.2) is 14.6 Å². The first-order valence-electron chi connectivity index (χ1n) is 10.9. The van der Waals surface area contributed by atoms with Crippen LogP contribution >= 0.6 is 0 Å². The molecule has 2 atom stereocenters. The van der Waals surface area contributed by atoms with Crippen LogP contribution in [0.3, 0.4) is 0 Å². The van der Waals surface area contributed by atoms with Crippen LogP contribution in [-0.4, -0.2) is 84.6 Å². The van der Waals surface area contributed by atoms with E-state index < -0.39 is 35.8 Å². The summed E-state index contributed by atoms with van der Waals surface area (Å²) in [7, 11) is 5.89. The maximum Gasteiger partial charge on any atom is 0.326 e. The second-order valence-corrected chi connectivity index (χ2v) is 8.77. The first-order chi connectivity index (χ1) is 15.8. The second kappa shape index (κ2) is 13.2. The molecular formula is C22H34N5O7+. The highest BCUT2D eigenvalue weighted by molar-refractivity contribution is 5.94. The Kier molecular flexibility index (Phi) is 11.1. The predicted molar refractivity (Wildman–Crippen MR) is 124 cm³/mol. The van der Waals surface area contributed by atoms with E-state index in [4.69, 9.17) is 5.11 Å². The number of Topliss-reactive ketones (excluding diaryl/α,β-unsaturated/α-hetero) is 1. The van der Waals surface area contributed by atoms with Gasteiger partial charge in [0.05, 0.1) is 32.7 Å². The van der Waals surface area contributed by atoms with E-state index >= 15 is 0 Å². The maximum absolute atomic E-state index is 12.2. The highest BCUT2D eigenvalue weighted by atomic mass is 16.4. The van der Waals surface area contributed by atoms with Crippen LogP contribution in [0.15, 0.2) is 18.3 Å². The van der Waals surface area contributed by atoms with Gasteiger partial charge >= 0.3 is 18.0 Å². The summed E-state index contributed by atoms with van der Waals surface area (Å²) in [6.07, 6.45) is 2.10. The minimum atomic E-state index is -1.24. The zero-order valence-electron chi connectivity index (χ0n) is 20.0. The van der Waals surface area contributed by atoms with E-state index in [1.54, 1.807) is 12.1 Å². The molecule has 5 N–H and O–H groups in total. The molecule has 1 heterocycles. The number of carboxylic acids is 2. The Balaban J connectivity index is 2.45. The number of pyridine rings is 1. The van der Waals surface area contributed by atoms with Gasteiger partial charge in [0.1, 0.15) is 6.04 Å². The van der Waals surface area contributed by atoms with E-state index in [2.05, 4.69) is 20.9 Å². The lowest BCUT2D eigenvalue weighted by Crippen LogP contribution is -2.50. The maximum atomic E-state index is 12.2. The zero-order valence-corrected chi connectivity index (χ0v) is 20.0. The number of aromatic nitrogens is 1. The summed E-state index contributed by atoms with van der Waals surface area (Å²) in [5.41, 5.74) is 0.418. The van der Waals surface area contributed by atoms with Crippen LogP contribution in [0.4, 0.5) is 10.6 Å². The molecule has 0 radical (unpaired) electrons. The van der Waals surface area contributed by atoms with Crippen LogP contribution < -0.4 is 20.4 Å². The highest BCUT2D eigenvalue weighted by Gasteiger charge is 2.23. The monoisotopic (exact) mass is 480 g/mol. The van der Waals surface area contributed by atoms with Crippen molar-refractivity contribution in [3.8, 4) is 0 Å². The van der Waals surface area contributed by atoms with Crippen molar-refractivity contribution in [3.05, 3.63) is 23.9 Å². The van der Waals surface area contributed by atoms with Gasteiger partial charge in [-0.15, -0.1) is 0 Å². The summed E-state index contributed by atoms with van der Waals surface area (Å²) in [5.74, 6) is -2.26. The molecule has 0 aliphatic rings. The topological polar surface area (TPSA) is 175 Å². The lowest BCUT2D eigenvalue weighted by molar-refractivity contribution is -0.139. The Morgan fingerprint density at radius 1 is 0.971 bits per heavy atom. The molecule has 0 aromatic carbocycles. The third-order valence-electron chi connectivity index (χ3n) is 4.95. The molecule has 1 aromatic heterocycles. The fraction of sp³-hybridized carbons (Fsp3) is 0.545. The Morgan fingerprint density at radius 2 is 1.62 bits per heavy atom. The molecule has 12 heteroatoms. The standard InChI is InChI=1S/C22H33N5O7/c1-14(28)16(9-11-19(29)30)25-22(34)26-17(21(32)33)7-5-6-12-23-20(31)15-8-10-18(24-13-15)27(2,3)4/h8,10,13,16-17H,5-7,9,11-12H2,1-4H3,(H4-,23,25,26,29,30,31,32,33,34)/p+1. The van der Waals surface area contributed by atoms with E-state index in [0.29, 0.717) is 29.4 Å². The first kappa shape index (κ1) is 28.5. The largest absolute Gasteiger partial charge is 0.481 e. The Bertz CT molecular complexity index is 881. The predicted octanol–water partition coefficient (Wildman–Crippen LogP) is 0.753. The molecule has 1 aromatic rings. The Hall–Kier alpha value is -3.54. The molecule has 0 saturated heterocycles. The summed E-state index contributed by atoms with van der Waals surface area (Å²) in [5, 5.41) is 25.4. The first-order valence-corrected chi connectivity index (χ1v) is 10.9. The van der Waals surface area contributed by atoms with Crippen LogP contribution in [0.25, 0.3) is 0 Å². The van der Waals surface area contributed by atoms with Gasteiger partial charge in [-0.3, -0.25) is 18.9 Å². The van der Waals surface area contributed by atoms with Crippen LogP contribution in [0, 0.1) is 0 Å². The van der Waals surface area contributed by atoms with Crippen molar-refractivity contribution < 1.29 is 34.2 Å². The average molecular weight is 481 g/mol. The summed E-state index contributed by atoms with van der Waals surface area (Å²) >= 11 is 0. The number of carbonyl (C=O) groups is 5. The van der Waals surface area contributed by atoms with Crippen LogP contribution in [0.2, 0.25) is 0 Å². The van der Waals surface area contributed by atoms with E-state index in [1.807, 2.05) is 21.1 Å². The number of amides is 3. The van der Waals surface area contributed by atoms with Crippen molar-refractivity contribution in [2.75, 3.05) is 27.7 Å². The Labute approximate surface area is 198 Å². The van der Waals surface area contributed by atoms with E-state index in [0.717, 1.165) is 5.82 Å². The summed E-state index contributed by atoms with van der Waals surface area (Å²) < 4.78 is 0.524. The number of carboxylic acid groups (broad SMARTS) is 2. The normalized spacial score (nSPS) is 12.8. The van der Waals surface area contributed by atoms with Crippen LogP contribution in [0.5, 0.6) is 0 Å². The van der Waals surface area contributed by atoms with Crippen molar-refractivity contribution >= 4 is 35.5 Å². The zero-order chi connectivity index (χ0) is 25.9. The molecular weight excluding hydrogens is 446 g/mol. The fourth-order valence-corrected chi connectivity index (χ4v) is 2.96. The molecule has 12 nitrogen and oxygen atoms in total. The number of carbonyl (C=O) groups excluding carboxylic acids is 3. The number of ketones is 1. The highest BCUT2D eigenvalue weighted by Crippen LogP contribution is 2.13. The molecule has 1 rings (SSSR count). The molecule has 0 spiro atoms. The van der Waals surface area contributed by atoms with E-state index in [-0.39, 0.29) is 25.2 Å². The van der Waals surface area contributed by atoms with Crippen molar-refractivity contribution in [1.29, 1.82) is 0 Å². The summed E-state index contributed by atoms with van der Waals surface area (Å²) in [6, 6.07) is 0.383. The van der Waals surface area contributed by atoms with Crippen LogP contribution in [0.1, 0.15) is 49.4 Å². The molecule has 34 heavy (non-hydrogen) atoms. The van der Waals surface area contributed by atoms with Gasteiger partial charge in [0.25, 0.3) is 5.91 Å². The second-order valence-electron chi connectivity index (χ2n) is 8.77. The lowest BCUT2D eigenvalue weighted by Gasteiger charge is -2.21. The number of aliphatic carboxylic acids is 2. The summed E-state index contributed by atoms with van der Waals surface area (Å²) in [6.45, 7) is 1.53. The lowest BCUT2D eigenvalue weighted by atomic mass is 10.1. The molecule has 0 saturated carbocycles. The van der Waals surface area contributed by atoms with Crippen molar-refractivity contribution in [2.24, 2.45) is 0 Å². The number of nitrogens with one attached hydrogen (secondary N) is 3. The third kappa shape index (κ3) is 10.4. The van der Waals surface area contributed by atoms with Gasteiger partial charge in [0.15, 0.2) is 5.78 Å². The summed E-state index contributed by atoms with van der Waals surface area (Å²) in [4.78, 5) is 62.3. The number of unbranched alkanes of at least 4 members (excludes halogenated alkanes) is 1. The molecule has 2 unspecified atom stereocenters. The van der Waals surface area contributed by atoms with Gasteiger partial charge in [0.2, 0.25) is 5.82 Å². The quantitative estimate of drug-likeness (QED) is 0.191. The van der Waals surface area contributed by atoms with Crippen molar-refractivity contribution in [2.45, 2.75) is 51.1 Å². The molecule has 0 aliphatic heterocycles. The van der Waals surface area contributed by atoms with Crippen molar-refractivity contribution in [3.63, 3.8) is 0 Å². The van der Waals surface area contributed by atoms with E-state index in [9.17, 15) is 29.1 Å². The molecule has 188 valence electrons. The van der Waals surface area contributed by atoms with Gasteiger partial charge in [0, 0.05) is 25.2 Å².